The molecule has 146 valence electrons. The Morgan fingerprint density at radius 2 is 1.97 bits per heavy atom. The number of hydrogen-bond donors (Lipinski definition) is 1. The molecule has 0 bridgehead atoms. The van der Waals surface area contributed by atoms with Crippen molar-refractivity contribution in [2.45, 2.75) is 19.5 Å². The van der Waals surface area contributed by atoms with Gasteiger partial charge in [-0.3, -0.25) is 14.6 Å². The number of Topliss-reactive ketones (excluding diaryl/α,β-unsaturated/α-hetero) is 1. The summed E-state index contributed by atoms with van der Waals surface area (Å²) in [4.78, 5) is 32.3. The van der Waals surface area contributed by atoms with Crippen molar-refractivity contribution < 1.29 is 14.7 Å². The second-order valence-electron chi connectivity index (χ2n) is 6.76. The first kappa shape index (κ1) is 19.4. The monoisotopic (exact) mass is 424 g/mol. The molecule has 1 atom stereocenters. The average Bonchev–Trinajstić information content (AvgIpc) is 3.24. The Bertz CT molecular complexity index is 1120. The van der Waals surface area contributed by atoms with E-state index in [1.165, 1.54) is 16.2 Å². The third-order valence-electron chi connectivity index (χ3n) is 4.89. The number of amides is 1. The van der Waals surface area contributed by atoms with E-state index in [9.17, 15) is 14.7 Å². The van der Waals surface area contributed by atoms with Crippen LogP contribution in [0, 0.1) is 6.92 Å². The van der Waals surface area contributed by atoms with E-state index in [1.54, 1.807) is 48.8 Å². The maximum atomic E-state index is 13.0. The van der Waals surface area contributed by atoms with Crippen LogP contribution in [0.1, 0.15) is 27.6 Å². The number of aliphatic hydroxyl groups excluding tert-OH is 1. The molecule has 0 radical (unpaired) electrons. The Balaban J connectivity index is 1.87. The normalized spacial score (nSPS) is 18.4. The molecule has 0 saturated carbocycles. The zero-order valence-corrected chi connectivity index (χ0v) is 17.1. The van der Waals surface area contributed by atoms with Gasteiger partial charge in [0, 0.05) is 34.4 Å². The van der Waals surface area contributed by atoms with E-state index in [0.717, 1.165) is 16.0 Å². The number of hydrogen-bond acceptors (Lipinski definition) is 5. The fourth-order valence-electron chi connectivity index (χ4n) is 3.46. The number of aryl methyl sites for hydroxylation is 1. The molecule has 0 spiro atoms. The van der Waals surface area contributed by atoms with Crippen LogP contribution in [0.2, 0.25) is 5.02 Å². The molecule has 0 aliphatic carbocycles. The van der Waals surface area contributed by atoms with Gasteiger partial charge < -0.3 is 10.0 Å². The lowest BCUT2D eigenvalue weighted by Crippen LogP contribution is -2.29. The third kappa shape index (κ3) is 3.57. The number of halogens is 1. The molecule has 1 unspecified atom stereocenters. The van der Waals surface area contributed by atoms with E-state index in [2.05, 4.69) is 4.98 Å². The number of carbonyl (C=O) groups excluding carboxylic acids is 2. The zero-order valence-electron chi connectivity index (χ0n) is 15.5. The second kappa shape index (κ2) is 7.81. The molecule has 3 aromatic rings. The predicted octanol–water partition coefficient (Wildman–Crippen LogP) is 4.73. The number of carbonyl (C=O) groups is 2. The van der Waals surface area contributed by atoms with Gasteiger partial charge in [0.15, 0.2) is 0 Å². The molecule has 1 saturated heterocycles. The molecular formula is C22H17ClN2O3S. The number of likely N-dealkylation sites (tertiary alicyclic amines) is 1. The minimum absolute atomic E-state index is 0.0804. The van der Waals surface area contributed by atoms with Gasteiger partial charge in [0.1, 0.15) is 11.8 Å². The molecular weight excluding hydrogens is 408 g/mol. The van der Waals surface area contributed by atoms with E-state index >= 15 is 0 Å². The van der Waals surface area contributed by atoms with Gasteiger partial charge in [-0.2, -0.15) is 0 Å². The first-order valence-corrected chi connectivity index (χ1v) is 10.2. The Kier molecular flexibility index (Phi) is 5.22. The van der Waals surface area contributed by atoms with Crippen LogP contribution in [0.15, 0.2) is 65.8 Å². The fraction of sp³-hybridized carbons (Fsp3) is 0.136. The Hall–Kier alpha value is -2.96. The van der Waals surface area contributed by atoms with E-state index in [0.29, 0.717) is 10.6 Å². The van der Waals surface area contributed by atoms with Crippen LogP contribution < -0.4 is 0 Å². The van der Waals surface area contributed by atoms with Crippen molar-refractivity contribution in [3.63, 3.8) is 0 Å². The molecule has 1 aromatic carbocycles. The molecule has 4 rings (SSSR count). The number of ketones is 1. The summed E-state index contributed by atoms with van der Waals surface area (Å²) in [5, 5.41) is 13.3. The summed E-state index contributed by atoms with van der Waals surface area (Å²) in [6.45, 7) is 2.17. The SMILES string of the molecule is Cc1ccsc1C1/C(=C(/O)c2cccc(Cl)c2)C(=O)C(=O)N1Cc1ccncc1. The Labute approximate surface area is 176 Å². The molecule has 29 heavy (non-hydrogen) atoms. The van der Waals surface area contributed by atoms with Gasteiger partial charge in [-0.25, -0.2) is 0 Å². The van der Waals surface area contributed by atoms with Crippen LogP contribution in [0.5, 0.6) is 0 Å². The summed E-state index contributed by atoms with van der Waals surface area (Å²) in [6.07, 6.45) is 3.28. The van der Waals surface area contributed by atoms with Crippen molar-refractivity contribution in [2.75, 3.05) is 0 Å². The van der Waals surface area contributed by atoms with E-state index < -0.39 is 17.7 Å². The number of benzene rings is 1. The van der Waals surface area contributed by atoms with Gasteiger partial charge >= 0.3 is 0 Å². The highest BCUT2D eigenvalue weighted by Crippen LogP contribution is 2.43. The number of rotatable bonds is 4. The number of nitrogens with zero attached hydrogens (tertiary/aromatic N) is 2. The largest absolute Gasteiger partial charge is 0.507 e. The van der Waals surface area contributed by atoms with Crippen molar-refractivity contribution in [3.05, 3.63) is 92.4 Å². The van der Waals surface area contributed by atoms with Crippen molar-refractivity contribution >= 4 is 40.4 Å². The highest BCUT2D eigenvalue weighted by Gasteiger charge is 2.47. The van der Waals surface area contributed by atoms with Gasteiger partial charge in [-0.1, -0.05) is 23.7 Å². The van der Waals surface area contributed by atoms with Crippen molar-refractivity contribution in [1.82, 2.24) is 9.88 Å². The molecule has 1 N–H and O–H groups in total. The summed E-state index contributed by atoms with van der Waals surface area (Å²) in [5.74, 6) is -1.56. The Morgan fingerprint density at radius 1 is 1.21 bits per heavy atom. The van der Waals surface area contributed by atoms with Gasteiger partial charge in [-0.15, -0.1) is 11.3 Å². The van der Waals surface area contributed by atoms with Crippen LogP contribution in [0.3, 0.4) is 0 Å². The zero-order chi connectivity index (χ0) is 20.5. The number of pyridine rings is 1. The second-order valence-corrected chi connectivity index (χ2v) is 8.14. The molecule has 1 fully saturated rings. The van der Waals surface area contributed by atoms with E-state index in [-0.39, 0.29) is 17.9 Å². The van der Waals surface area contributed by atoms with Crippen molar-refractivity contribution in [2.24, 2.45) is 0 Å². The van der Waals surface area contributed by atoms with Gasteiger partial charge in [0.05, 0.1) is 5.57 Å². The van der Waals surface area contributed by atoms with Gasteiger partial charge in [0.2, 0.25) is 0 Å². The standard InChI is InChI=1S/C22H17ClN2O3S/c1-13-7-10-29-21(13)18-17(19(26)15-3-2-4-16(23)11-15)20(27)22(28)25(18)12-14-5-8-24-9-6-14/h2-11,18,26H,12H2,1H3/b19-17-. The number of aliphatic hydroxyl groups is 1. The minimum Gasteiger partial charge on any atom is -0.507 e. The number of thiophene rings is 1. The topological polar surface area (TPSA) is 70.5 Å². The summed E-state index contributed by atoms with van der Waals surface area (Å²) in [6, 6.07) is 11.5. The van der Waals surface area contributed by atoms with Gasteiger partial charge in [-0.05, 0) is 53.8 Å². The maximum absolute atomic E-state index is 13.0. The molecule has 2 aromatic heterocycles. The lowest BCUT2D eigenvalue weighted by molar-refractivity contribution is -0.140. The van der Waals surface area contributed by atoms with Gasteiger partial charge in [0.25, 0.3) is 11.7 Å². The number of aromatic nitrogens is 1. The summed E-state index contributed by atoms with van der Waals surface area (Å²) < 4.78 is 0. The van der Waals surface area contributed by atoms with Crippen LogP contribution >= 0.6 is 22.9 Å². The first-order chi connectivity index (χ1) is 14.0. The molecule has 1 aliphatic rings. The minimum atomic E-state index is -0.700. The summed E-state index contributed by atoms with van der Waals surface area (Å²) in [5.41, 5.74) is 2.29. The maximum Gasteiger partial charge on any atom is 0.295 e. The van der Waals surface area contributed by atoms with E-state index in [4.69, 9.17) is 11.6 Å². The van der Waals surface area contributed by atoms with E-state index in [1.807, 2.05) is 18.4 Å². The highest BCUT2D eigenvalue weighted by molar-refractivity contribution is 7.10. The highest BCUT2D eigenvalue weighted by atomic mass is 35.5. The van der Waals surface area contributed by atoms with Crippen LogP contribution in [-0.4, -0.2) is 26.7 Å². The smallest absolute Gasteiger partial charge is 0.295 e. The van der Waals surface area contributed by atoms with Crippen molar-refractivity contribution in [3.8, 4) is 0 Å². The molecule has 3 heterocycles. The summed E-state index contributed by atoms with van der Waals surface area (Å²) >= 11 is 7.51. The lowest BCUT2D eigenvalue weighted by atomic mass is 9.98. The molecule has 1 amide bonds. The van der Waals surface area contributed by atoms with Crippen LogP contribution in [0.4, 0.5) is 0 Å². The average molecular weight is 425 g/mol. The molecule has 7 heteroatoms. The van der Waals surface area contributed by atoms with Crippen molar-refractivity contribution in [1.29, 1.82) is 0 Å². The molecule has 1 aliphatic heterocycles. The lowest BCUT2D eigenvalue weighted by Gasteiger charge is -2.25. The van der Waals surface area contributed by atoms with Crippen LogP contribution in [0.25, 0.3) is 5.76 Å². The fourth-order valence-corrected chi connectivity index (χ4v) is 4.69. The summed E-state index contributed by atoms with van der Waals surface area (Å²) in [7, 11) is 0. The Morgan fingerprint density at radius 3 is 2.62 bits per heavy atom. The third-order valence-corrected chi connectivity index (χ3v) is 6.20. The predicted molar refractivity (Wildman–Crippen MR) is 113 cm³/mol. The first-order valence-electron chi connectivity index (χ1n) is 8.94. The quantitative estimate of drug-likeness (QED) is 0.373. The van der Waals surface area contributed by atoms with Crippen LogP contribution in [-0.2, 0) is 16.1 Å². The molecule has 5 nitrogen and oxygen atoms in total.